The van der Waals surface area contributed by atoms with Gasteiger partial charge in [0.1, 0.15) is 5.69 Å². The summed E-state index contributed by atoms with van der Waals surface area (Å²) in [7, 11) is 0. The van der Waals surface area contributed by atoms with E-state index in [-0.39, 0.29) is 12.0 Å². The number of pyridine rings is 1. The number of carbonyl (C=O) groups excluding carboxylic acids is 2. The molecular formula is C16H18Cl2N4O3. The van der Waals surface area contributed by atoms with Crippen molar-refractivity contribution in [1.29, 1.82) is 0 Å². The molecule has 0 bridgehead atoms. The van der Waals surface area contributed by atoms with Gasteiger partial charge in [-0.25, -0.2) is 9.78 Å². The van der Waals surface area contributed by atoms with Crippen LogP contribution in [0, 0.1) is 6.92 Å². The van der Waals surface area contributed by atoms with Crippen molar-refractivity contribution >= 4 is 40.8 Å². The summed E-state index contributed by atoms with van der Waals surface area (Å²) in [4.78, 5) is 32.4. The zero-order valence-electron chi connectivity index (χ0n) is 14.0. The highest BCUT2D eigenvalue weighted by atomic mass is 35.5. The lowest BCUT2D eigenvalue weighted by atomic mass is 10.2. The van der Waals surface area contributed by atoms with Crippen LogP contribution in [0.5, 0.6) is 0 Å². The number of rotatable bonds is 2. The molecule has 7 nitrogen and oxygen atoms in total. The number of ether oxygens (including phenoxy) is 1. The Bertz CT molecular complexity index is 828. The third-order valence-corrected chi connectivity index (χ3v) is 4.60. The van der Waals surface area contributed by atoms with Crippen molar-refractivity contribution in [3.8, 4) is 0 Å². The van der Waals surface area contributed by atoms with Gasteiger partial charge in [-0.1, -0.05) is 23.2 Å². The van der Waals surface area contributed by atoms with Crippen molar-refractivity contribution in [2.24, 2.45) is 0 Å². The first-order chi connectivity index (χ1) is 11.9. The maximum atomic E-state index is 13.0. The van der Waals surface area contributed by atoms with Crippen molar-refractivity contribution in [3.05, 3.63) is 33.7 Å². The highest BCUT2D eigenvalue weighted by Crippen LogP contribution is 2.25. The number of carbonyl (C=O) groups is 2. The molecule has 3 rings (SSSR count). The molecule has 3 heterocycles. The van der Waals surface area contributed by atoms with Gasteiger partial charge in [0.2, 0.25) is 0 Å². The molecule has 0 atom stereocenters. The summed E-state index contributed by atoms with van der Waals surface area (Å²) in [6.45, 7) is 5.59. The summed E-state index contributed by atoms with van der Waals surface area (Å²) < 4.78 is 6.62. The number of aryl methyl sites for hydroxylation is 1. The molecule has 2 aromatic heterocycles. The smallest absolute Gasteiger partial charge is 0.409 e. The molecule has 1 aliphatic heterocycles. The maximum absolute atomic E-state index is 13.0. The van der Waals surface area contributed by atoms with Gasteiger partial charge in [-0.3, -0.25) is 9.20 Å². The zero-order valence-corrected chi connectivity index (χ0v) is 15.5. The van der Waals surface area contributed by atoms with Crippen LogP contribution in [0.3, 0.4) is 0 Å². The molecule has 25 heavy (non-hydrogen) atoms. The molecule has 0 aliphatic carbocycles. The molecule has 0 unspecified atom stereocenters. The molecule has 0 radical (unpaired) electrons. The van der Waals surface area contributed by atoms with Crippen LogP contribution in [0.25, 0.3) is 5.65 Å². The predicted octanol–water partition coefficient (Wildman–Crippen LogP) is 2.86. The molecular weight excluding hydrogens is 367 g/mol. The summed E-state index contributed by atoms with van der Waals surface area (Å²) in [5.74, 6) is -0.160. The summed E-state index contributed by atoms with van der Waals surface area (Å²) in [6.07, 6.45) is 1.28. The van der Waals surface area contributed by atoms with E-state index in [0.717, 1.165) is 0 Å². The van der Waals surface area contributed by atoms with Gasteiger partial charge < -0.3 is 14.5 Å². The van der Waals surface area contributed by atoms with Crippen molar-refractivity contribution in [3.63, 3.8) is 0 Å². The van der Waals surface area contributed by atoms with Crippen molar-refractivity contribution < 1.29 is 14.3 Å². The molecule has 0 N–H and O–H groups in total. The Balaban J connectivity index is 1.82. The van der Waals surface area contributed by atoms with E-state index < -0.39 is 0 Å². The SMILES string of the molecule is CCOC(=O)N1CCN(C(=O)c2c(C)nc3c(Cl)cc(Cl)cn23)CC1. The molecule has 0 saturated carbocycles. The summed E-state index contributed by atoms with van der Waals surface area (Å²) in [6, 6.07) is 1.59. The number of halogens is 2. The lowest BCUT2D eigenvalue weighted by Crippen LogP contribution is -2.51. The number of fused-ring (bicyclic) bond motifs is 1. The highest BCUT2D eigenvalue weighted by Gasteiger charge is 2.28. The second-order valence-electron chi connectivity index (χ2n) is 5.72. The number of hydrogen-bond donors (Lipinski definition) is 0. The van der Waals surface area contributed by atoms with E-state index in [4.69, 9.17) is 27.9 Å². The van der Waals surface area contributed by atoms with Crippen molar-refractivity contribution in [2.45, 2.75) is 13.8 Å². The lowest BCUT2D eigenvalue weighted by molar-refractivity contribution is 0.0564. The van der Waals surface area contributed by atoms with Crippen LogP contribution in [0.15, 0.2) is 12.3 Å². The Morgan fingerprint density at radius 2 is 1.84 bits per heavy atom. The maximum Gasteiger partial charge on any atom is 0.409 e. The van der Waals surface area contributed by atoms with E-state index in [9.17, 15) is 9.59 Å². The van der Waals surface area contributed by atoms with Crippen molar-refractivity contribution in [2.75, 3.05) is 32.8 Å². The monoisotopic (exact) mass is 384 g/mol. The topological polar surface area (TPSA) is 67.2 Å². The van der Waals surface area contributed by atoms with Gasteiger partial charge in [0.15, 0.2) is 5.65 Å². The number of piperazine rings is 1. The minimum absolute atomic E-state index is 0.160. The first-order valence-corrected chi connectivity index (χ1v) is 8.72. The third kappa shape index (κ3) is 3.39. The minimum atomic E-state index is -0.348. The minimum Gasteiger partial charge on any atom is -0.450 e. The first kappa shape index (κ1) is 17.8. The van der Waals surface area contributed by atoms with Crippen LogP contribution in [-0.4, -0.2) is 64.0 Å². The van der Waals surface area contributed by atoms with Crippen LogP contribution >= 0.6 is 23.2 Å². The van der Waals surface area contributed by atoms with Gasteiger partial charge >= 0.3 is 6.09 Å². The normalized spacial score (nSPS) is 14.9. The Labute approximate surface area is 155 Å². The third-order valence-electron chi connectivity index (χ3n) is 4.11. The van der Waals surface area contributed by atoms with Crippen LogP contribution in [0.1, 0.15) is 23.1 Å². The number of imidazole rings is 1. The second kappa shape index (κ2) is 7.09. The van der Waals surface area contributed by atoms with Crippen molar-refractivity contribution in [1.82, 2.24) is 19.2 Å². The van der Waals surface area contributed by atoms with Crippen LogP contribution < -0.4 is 0 Å². The summed E-state index contributed by atoms with van der Waals surface area (Å²) in [5, 5.41) is 0.817. The Morgan fingerprint density at radius 1 is 1.20 bits per heavy atom. The fraction of sp³-hybridized carbons (Fsp3) is 0.438. The fourth-order valence-corrected chi connectivity index (χ4v) is 3.41. The number of amides is 2. The molecule has 2 amide bonds. The van der Waals surface area contributed by atoms with Crippen LogP contribution in [0.2, 0.25) is 10.0 Å². The molecule has 1 aliphatic rings. The molecule has 9 heteroatoms. The Morgan fingerprint density at radius 3 is 2.48 bits per heavy atom. The van der Waals surface area contributed by atoms with Gasteiger partial charge in [0, 0.05) is 32.4 Å². The van der Waals surface area contributed by atoms with Gasteiger partial charge in [0.05, 0.1) is 22.3 Å². The van der Waals surface area contributed by atoms with Gasteiger partial charge in [-0.2, -0.15) is 0 Å². The molecule has 134 valence electrons. The number of hydrogen-bond acceptors (Lipinski definition) is 4. The second-order valence-corrected chi connectivity index (χ2v) is 6.57. The standard InChI is InChI=1S/C16H18Cl2N4O3/c1-3-25-16(24)21-6-4-20(5-7-21)15(23)13-10(2)19-14-12(18)8-11(17)9-22(13)14/h8-9H,3-7H2,1-2H3. The summed E-state index contributed by atoms with van der Waals surface area (Å²) in [5.41, 5.74) is 1.52. The Kier molecular flexibility index (Phi) is 5.06. The first-order valence-electron chi connectivity index (χ1n) is 7.97. The number of nitrogens with zero attached hydrogens (tertiary/aromatic N) is 4. The lowest BCUT2D eigenvalue weighted by Gasteiger charge is -2.34. The molecule has 0 spiro atoms. The molecule has 0 aromatic carbocycles. The van der Waals surface area contributed by atoms with Gasteiger partial charge in [-0.05, 0) is 19.9 Å². The van der Waals surface area contributed by atoms with E-state index in [1.807, 2.05) is 0 Å². The van der Waals surface area contributed by atoms with Gasteiger partial charge in [0.25, 0.3) is 5.91 Å². The number of aromatic nitrogens is 2. The van der Waals surface area contributed by atoms with E-state index in [0.29, 0.717) is 59.9 Å². The quantitative estimate of drug-likeness (QED) is 0.798. The average molecular weight is 385 g/mol. The van der Waals surface area contributed by atoms with E-state index in [1.165, 1.54) is 0 Å². The van der Waals surface area contributed by atoms with E-state index >= 15 is 0 Å². The molecule has 2 aromatic rings. The van der Waals surface area contributed by atoms with Gasteiger partial charge in [-0.15, -0.1) is 0 Å². The average Bonchev–Trinajstić information content (AvgIpc) is 2.91. The van der Waals surface area contributed by atoms with E-state index in [1.54, 1.807) is 40.3 Å². The predicted molar refractivity (Wildman–Crippen MR) is 94.4 cm³/mol. The largest absolute Gasteiger partial charge is 0.450 e. The Hall–Kier alpha value is -1.99. The van der Waals surface area contributed by atoms with Crippen LogP contribution in [-0.2, 0) is 4.74 Å². The highest BCUT2D eigenvalue weighted by molar-refractivity contribution is 6.36. The van der Waals surface area contributed by atoms with E-state index in [2.05, 4.69) is 4.98 Å². The molecule has 1 saturated heterocycles. The van der Waals surface area contributed by atoms with Crippen LogP contribution in [0.4, 0.5) is 4.79 Å². The zero-order chi connectivity index (χ0) is 18.1. The fourth-order valence-electron chi connectivity index (χ4n) is 2.90. The molecule has 1 fully saturated rings. The summed E-state index contributed by atoms with van der Waals surface area (Å²) >= 11 is 12.2.